The van der Waals surface area contributed by atoms with E-state index >= 15 is 0 Å². The standard InChI is InChI=1S/C16H32N2O2/c1-9-17(10-2)12-18(16(6,7)8)14(5)13(4)15(19)20-11-3/h9-12H2,1-8H3/b14-13+. The third-order valence-corrected chi connectivity index (χ3v) is 3.57. The summed E-state index contributed by atoms with van der Waals surface area (Å²) in [6.45, 7) is 19.7. The molecule has 0 aliphatic rings. The molecule has 4 nitrogen and oxygen atoms in total. The van der Waals surface area contributed by atoms with Gasteiger partial charge in [0.25, 0.3) is 0 Å². The predicted octanol–water partition coefficient (Wildman–Crippen LogP) is 3.24. The van der Waals surface area contributed by atoms with Crippen LogP contribution >= 0.6 is 0 Å². The maximum atomic E-state index is 11.9. The molecular formula is C16H32N2O2. The van der Waals surface area contributed by atoms with Crippen LogP contribution in [0.3, 0.4) is 0 Å². The fourth-order valence-corrected chi connectivity index (χ4v) is 2.03. The van der Waals surface area contributed by atoms with Gasteiger partial charge in [0.1, 0.15) is 0 Å². The fourth-order valence-electron chi connectivity index (χ4n) is 2.03. The Morgan fingerprint density at radius 3 is 1.90 bits per heavy atom. The summed E-state index contributed by atoms with van der Waals surface area (Å²) < 4.78 is 5.11. The van der Waals surface area contributed by atoms with E-state index in [0.29, 0.717) is 12.2 Å². The van der Waals surface area contributed by atoms with Gasteiger partial charge in [-0.05, 0) is 54.6 Å². The van der Waals surface area contributed by atoms with Crippen LogP contribution in [0.1, 0.15) is 55.4 Å². The van der Waals surface area contributed by atoms with E-state index in [2.05, 4.69) is 44.4 Å². The highest BCUT2D eigenvalue weighted by Crippen LogP contribution is 2.22. The van der Waals surface area contributed by atoms with Gasteiger partial charge in [-0.2, -0.15) is 0 Å². The molecule has 0 radical (unpaired) electrons. The molecule has 0 aromatic rings. The quantitative estimate of drug-likeness (QED) is 0.408. The van der Waals surface area contributed by atoms with Crippen molar-refractivity contribution in [2.45, 2.75) is 60.9 Å². The Labute approximate surface area is 124 Å². The van der Waals surface area contributed by atoms with Gasteiger partial charge in [-0.3, -0.25) is 4.90 Å². The Morgan fingerprint density at radius 1 is 1.05 bits per heavy atom. The third kappa shape index (κ3) is 5.53. The van der Waals surface area contributed by atoms with Crippen LogP contribution in [0, 0.1) is 0 Å². The van der Waals surface area contributed by atoms with E-state index in [-0.39, 0.29) is 11.5 Å². The van der Waals surface area contributed by atoms with Crippen molar-refractivity contribution >= 4 is 5.97 Å². The van der Waals surface area contributed by atoms with Gasteiger partial charge in [-0.25, -0.2) is 4.79 Å². The zero-order valence-electron chi connectivity index (χ0n) is 14.5. The van der Waals surface area contributed by atoms with E-state index in [1.807, 2.05) is 20.8 Å². The molecule has 0 aliphatic carbocycles. The number of hydrogen-bond acceptors (Lipinski definition) is 4. The molecule has 0 aliphatic heterocycles. The van der Waals surface area contributed by atoms with Crippen LogP contribution in [-0.2, 0) is 9.53 Å². The summed E-state index contributed by atoms with van der Waals surface area (Å²) in [6, 6.07) is 0. The minimum Gasteiger partial charge on any atom is -0.463 e. The summed E-state index contributed by atoms with van der Waals surface area (Å²) in [4.78, 5) is 16.5. The van der Waals surface area contributed by atoms with E-state index in [4.69, 9.17) is 4.74 Å². The lowest BCUT2D eigenvalue weighted by atomic mass is 10.0. The van der Waals surface area contributed by atoms with E-state index in [1.165, 1.54) is 0 Å². The van der Waals surface area contributed by atoms with Crippen molar-refractivity contribution in [1.82, 2.24) is 9.80 Å². The van der Waals surface area contributed by atoms with Crippen LogP contribution in [0.15, 0.2) is 11.3 Å². The molecule has 0 N–H and O–H groups in total. The second kappa shape index (κ2) is 8.30. The summed E-state index contributed by atoms with van der Waals surface area (Å²) in [7, 11) is 0. The zero-order valence-corrected chi connectivity index (χ0v) is 14.5. The van der Waals surface area contributed by atoms with Crippen LogP contribution in [-0.4, -0.2) is 47.7 Å². The minimum atomic E-state index is -0.223. The molecule has 0 heterocycles. The molecule has 0 spiro atoms. The Kier molecular flexibility index (Phi) is 7.87. The highest BCUT2D eigenvalue weighted by atomic mass is 16.5. The number of carbonyl (C=O) groups is 1. The molecule has 0 aromatic heterocycles. The Morgan fingerprint density at radius 2 is 1.55 bits per heavy atom. The molecule has 0 saturated carbocycles. The lowest BCUT2D eigenvalue weighted by Gasteiger charge is -2.42. The first-order valence-electron chi connectivity index (χ1n) is 7.53. The van der Waals surface area contributed by atoms with Crippen molar-refractivity contribution < 1.29 is 9.53 Å². The maximum absolute atomic E-state index is 11.9. The number of nitrogens with zero attached hydrogens (tertiary/aromatic N) is 2. The van der Waals surface area contributed by atoms with E-state index in [1.54, 1.807) is 0 Å². The largest absolute Gasteiger partial charge is 0.463 e. The normalized spacial score (nSPS) is 13.2. The van der Waals surface area contributed by atoms with Crippen molar-refractivity contribution in [3.63, 3.8) is 0 Å². The van der Waals surface area contributed by atoms with Crippen molar-refractivity contribution in [2.75, 3.05) is 26.4 Å². The van der Waals surface area contributed by atoms with Crippen molar-refractivity contribution in [2.24, 2.45) is 0 Å². The molecule has 20 heavy (non-hydrogen) atoms. The fraction of sp³-hybridized carbons (Fsp3) is 0.812. The van der Waals surface area contributed by atoms with Gasteiger partial charge < -0.3 is 9.64 Å². The van der Waals surface area contributed by atoms with Gasteiger partial charge >= 0.3 is 5.97 Å². The van der Waals surface area contributed by atoms with Crippen molar-refractivity contribution in [3.05, 3.63) is 11.3 Å². The lowest BCUT2D eigenvalue weighted by Crippen LogP contribution is -2.47. The van der Waals surface area contributed by atoms with Gasteiger partial charge in [0.15, 0.2) is 0 Å². The molecule has 0 atom stereocenters. The van der Waals surface area contributed by atoms with E-state index in [9.17, 15) is 4.79 Å². The molecule has 0 amide bonds. The first-order chi connectivity index (χ1) is 9.18. The highest BCUT2D eigenvalue weighted by Gasteiger charge is 2.25. The van der Waals surface area contributed by atoms with Gasteiger partial charge in [0.2, 0.25) is 0 Å². The SMILES string of the molecule is CCOC(=O)/C(C)=C(\C)N(CN(CC)CC)C(C)(C)C. The zero-order chi connectivity index (χ0) is 15.9. The smallest absolute Gasteiger partial charge is 0.335 e. The Balaban J connectivity index is 5.32. The van der Waals surface area contributed by atoms with Crippen LogP contribution in [0.5, 0.6) is 0 Å². The molecule has 0 fully saturated rings. The number of ether oxygens (including phenoxy) is 1. The van der Waals surface area contributed by atoms with Gasteiger partial charge in [0.05, 0.1) is 18.8 Å². The second-order valence-electron chi connectivity index (χ2n) is 5.97. The number of rotatable bonds is 7. The first-order valence-corrected chi connectivity index (χ1v) is 7.53. The second-order valence-corrected chi connectivity index (χ2v) is 5.97. The topological polar surface area (TPSA) is 32.8 Å². The Hall–Kier alpha value is -1.03. The van der Waals surface area contributed by atoms with Crippen LogP contribution in [0.25, 0.3) is 0 Å². The average Bonchev–Trinajstić information content (AvgIpc) is 2.37. The summed E-state index contributed by atoms with van der Waals surface area (Å²) in [5.41, 5.74) is 1.64. The minimum absolute atomic E-state index is 0.0412. The van der Waals surface area contributed by atoms with E-state index in [0.717, 1.165) is 25.5 Å². The van der Waals surface area contributed by atoms with Crippen LogP contribution in [0.4, 0.5) is 0 Å². The molecule has 0 unspecified atom stereocenters. The average molecular weight is 284 g/mol. The van der Waals surface area contributed by atoms with Gasteiger partial charge in [-0.15, -0.1) is 0 Å². The number of carbonyl (C=O) groups excluding carboxylic acids is 1. The first kappa shape index (κ1) is 19.0. The van der Waals surface area contributed by atoms with Crippen molar-refractivity contribution in [3.8, 4) is 0 Å². The van der Waals surface area contributed by atoms with E-state index < -0.39 is 0 Å². The maximum Gasteiger partial charge on any atom is 0.335 e. The van der Waals surface area contributed by atoms with Crippen LogP contribution in [0.2, 0.25) is 0 Å². The monoisotopic (exact) mass is 284 g/mol. The molecule has 0 saturated heterocycles. The number of esters is 1. The van der Waals surface area contributed by atoms with Crippen molar-refractivity contribution in [1.29, 1.82) is 0 Å². The summed E-state index contributed by atoms with van der Waals surface area (Å²) >= 11 is 0. The molecule has 0 rings (SSSR count). The molecular weight excluding hydrogens is 252 g/mol. The number of allylic oxidation sites excluding steroid dienone is 1. The molecule has 118 valence electrons. The lowest BCUT2D eigenvalue weighted by molar-refractivity contribution is -0.138. The van der Waals surface area contributed by atoms with Crippen LogP contribution < -0.4 is 0 Å². The van der Waals surface area contributed by atoms with Gasteiger partial charge in [0, 0.05) is 11.2 Å². The number of hydrogen-bond donors (Lipinski definition) is 0. The summed E-state index contributed by atoms with van der Waals surface area (Å²) in [5, 5.41) is 0. The predicted molar refractivity (Wildman–Crippen MR) is 84.4 cm³/mol. The highest BCUT2D eigenvalue weighted by molar-refractivity contribution is 5.88. The third-order valence-electron chi connectivity index (χ3n) is 3.57. The molecule has 0 bridgehead atoms. The molecule has 0 aromatic carbocycles. The Bertz CT molecular complexity index is 339. The summed E-state index contributed by atoms with van der Waals surface area (Å²) in [6.07, 6.45) is 0. The summed E-state index contributed by atoms with van der Waals surface area (Å²) in [5.74, 6) is -0.223. The van der Waals surface area contributed by atoms with Gasteiger partial charge in [-0.1, -0.05) is 13.8 Å². The molecule has 4 heteroatoms.